The number of anilines is 3. The first kappa shape index (κ1) is 102. The number of nitrogens with two attached hydrogens (primary N) is 4. The Morgan fingerprint density at radius 1 is 0.404 bits per heavy atom. The lowest BCUT2D eigenvalue weighted by Crippen LogP contribution is -3.00. The molecule has 0 atom stereocenters. The molecule has 0 spiro atoms. The van der Waals surface area contributed by atoms with Gasteiger partial charge in [0, 0.05) is 125 Å². The Morgan fingerprint density at radius 2 is 0.851 bits per heavy atom. The van der Waals surface area contributed by atoms with Gasteiger partial charge < -0.3 is 104 Å². The molecule has 3 aliphatic carbocycles. The van der Waals surface area contributed by atoms with Crippen LogP contribution >= 0.6 is 0 Å². The van der Waals surface area contributed by atoms with Crippen LogP contribution in [0.15, 0.2) is 353 Å². The zero-order chi connectivity index (χ0) is 95.7. The number of carboxylic acid groups (broad SMARTS) is 2. The number of benzene rings is 18. The van der Waals surface area contributed by atoms with E-state index in [1.54, 1.807) is 72.8 Å². The van der Waals surface area contributed by atoms with Gasteiger partial charge in [-0.05, 0) is 221 Å². The van der Waals surface area contributed by atoms with Crippen LogP contribution in [0, 0.1) is 13.8 Å². The van der Waals surface area contributed by atoms with E-state index in [2.05, 4.69) is 148 Å². The van der Waals surface area contributed by atoms with Crippen molar-refractivity contribution < 1.29 is 122 Å². The molecule has 0 saturated carbocycles. The van der Waals surface area contributed by atoms with Crippen molar-refractivity contribution in [1.82, 2.24) is 0 Å². The average molecular weight is 1950 g/mol. The summed E-state index contributed by atoms with van der Waals surface area (Å²) in [5.74, 6) is 0.854. The van der Waals surface area contributed by atoms with Gasteiger partial charge in [0.2, 0.25) is 5.36 Å². The summed E-state index contributed by atoms with van der Waals surface area (Å²) in [4.78, 5) is 52.1. The second kappa shape index (κ2) is 45.3. The van der Waals surface area contributed by atoms with Gasteiger partial charge in [-0.15, -0.1) is 0 Å². The summed E-state index contributed by atoms with van der Waals surface area (Å²) in [5, 5.41) is 52.2. The van der Waals surface area contributed by atoms with E-state index in [0.717, 1.165) is 147 Å². The Balaban J connectivity index is 0.000000146. The molecule has 0 fully saturated rings. The molecule has 0 saturated heterocycles. The van der Waals surface area contributed by atoms with E-state index in [1.807, 2.05) is 184 Å². The number of hydrogen-bond acceptors (Lipinski definition) is 13. The van der Waals surface area contributed by atoms with Gasteiger partial charge in [0.05, 0.1) is 54.2 Å². The first-order valence-electron chi connectivity index (χ1n) is 45.4. The summed E-state index contributed by atoms with van der Waals surface area (Å²) in [6.45, 7) is 16.2. The van der Waals surface area contributed by atoms with E-state index >= 15 is 0 Å². The zero-order valence-corrected chi connectivity index (χ0v) is 81.6. The van der Waals surface area contributed by atoms with Crippen molar-refractivity contribution in [3.63, 3.8) is 0 Å². The number of rotatable bonds is 13. The van der Waals surface area contributed by atoms with E-state index in [0.29, 0.717) is 73.6 Å². The maximum absolute atomic E-state index is 12.9. The van der Waals surface area contributed by atoms with Crippen LogP contribution in [0.25, 0.3) is 155 Å². The normalized spacial score (nSPS) is 11.3. The van der Waals surface area contributed by atoms with Crippen molar-refractivity contribution in [2.24, 2.45) is 0 Å². The number of nitrogens with one attached hydrogen (secondary N) is 2. The predicted molar refractivity (Wildman–Crippen MR) is 547 cm³/mol. The molecule has 18 nitrogen and oxygen atoms in total. The lowest BCUT2D eigenvalue weighted by Gasteiger charge is -2.22. The minimum Gasteiger partial charge on any atom is -1.00 e. The van der Waals surface area contributed by atoms with E-state index in [1.165, 1.54) is 55.8 Å². The summed E-state index contributed by atoms with van der Waals surface area (Å²) >= 11 is 0. The van der Waals surface area contributed by atoms with E-state index < -0.39 is 17.9 Å². The van der Waals surface area contributed by atoms with Gasteiger partial charge >= 0.3 is 23.9 Å². The van der Waals surface area contributed by atoms with Crippen LogP contribution in [-0.2, 0) is 15.9 Å². The van der Waals surface area contributed by atoms with Gasteiger partial charge in [0.1, 0.15) is 52.1 Å². The smallest absolute Gasteiger partial charge is 0.338 e. The number of halogens is 4. The minimum atomic E-state index is -0.983. The van der Waals surface area contributed by atoms with Crippen LogP contribution in [0.1, 0.15) is 104 Å². The Morgan fingerprint density at radius 3 is 1.32 bits per heavy atom. The van der Waals surface area contributed by atoms with Crippen LogP contribution in [0.4, 0.5) is 17.1 Å². The van der Waals surface area contributed by atoms with Crippen molar-refractivity contribution >= 4 is 129 Å². The molecule has 22 heteroatoms. The number of carboxylic acids is 2. The molecule has 141 heavy (non-hydrogen) atoms. The molecule has 15 aromatic rings. The quantitative estimate of drug-likeness (QED) is 0.0233. The van der Waals surface area contributed by atoms with Gasteiger partial charge in [0.25, 0.3) is 0 Å². The van der Waals surface area contributed by atoms with Gasteiger partial charge in [-0.2, -0.15) is 0 Å². The van der Waals surface area contributed by atoms with Crippen molar-refractivity contribution in [3.8, 4) is 78.9 Å². The average Bonchev–Trinajstić information content (AvgIpc) is 0.723. The summed E-state index contributed by atoms with van der Waals surface area (Å²) in [7, 11) is 1.37. The summed E-state index contributed by atoms with van der Waals surface area (Å²) in [6, 6.07) is 110. The fourth-order valence-corrected chi connectivity index (χ4v) is 18.1. The highest BCUT2D eigenvalue weighted by Gasteiger charge is 2.29. The molecular formula is C119H101Cl4N6O12-. The molecule has 708 valence electrons. The number of carbonyl (C=O) groups excluding carboxylic acids is 2. The molecule has 0 unspecified atom stereocenters. The topological polar surface area (TPSA) is 305 Å². The molecule has 4 aliphatic heterocycles. The Labute approximate surface area is 838 Å². The molecule has 0 radical (unpaired) electrons. The molecule has 0 amide bonds. The number of aryl methyl sites for hydroxylation is 3. The van der Waals surface area contributed by atoms with Crippen LogP contribution in [0.2, 0.25) is 0 Å². The molecule has 0 bridgehead atoms. The fourth-order valence-electron chi connectivity index (χ4n) is 18.1. The third kappa shape index (κ3) is 21.1. The predicted octanol–water partition coefficient (Wildman–Crippen LogP) is 8.35. The number of methoxy groups -OCH3 is 1. The summed E-state index contributed by atoms with van der Waals surface area (Å²) in [5.41, 5.74) is 31.0. The largest absolute Gasteiger partial charge is 1.00 e. The maximum Gasteiger partial charge on any atom is 0.338 e. The van der Waals surface area contributed by atoms with Crippen LogP contribution in [0.3, 0.4) is 0 Å². The highest BCUT2D eigenvalue weighted by atomic mass is 35.5. The van der Waals surface area contributed by atoms with E-state index in [-0.39, 0.29) is 66.7 Å². The maximum atomic E-state index is 12.9. The molecule has 22 rings (SSSR count). The third-order valence-electron chi connectivity index (χ3n) is 24.4. The number of aromatic carboxylic acids is 2. The number of fused-ring (bicyclic) bond motifs is 10. The van der Waals surface area contributed by atoms with Crippen molar-refractivity contribution in [3.05, 3.63) is 416 Å². The molecule has 0 aromatic heterocycles. The van der Waals surface area contributed by atoms with E-state index in [9.17, 15) is 29.4 Å². The lowest BCUT2D eigenvalue weighted by molar-refractivity contribution is -0.496. The molecule has 15 aromatic carbocycles. The number of carbonyl (C=O) groups is 4. The Hall–Kier alpha value is -16.4. The SMILES string of the molecule is C/C=c1\ccc2c(c1)Oc1cc(CC)ccc1C=2c1ccccc1C(=O)O.CCNc1cc2oc3cc(=[NH+]CC)c(C)cc-3c(-c3ccccc3C(=O)OCC)c2cc1C.COC(=O)c1ccccc1-c1c2ccc(=[NH2+])cc-2oc2cc(N)ccc12.Nc1ccc2c(-c3ccccc3C(=O)O)c3ccc(=[NH2+])cc-3oc2c1.[Cl-].[Cl-].[Cl-].[Cl-].c1cc2cccc3c4cccc5cccc(c(c1)c23)c54.c1ccccc1. The lowest BCUT2D eigenvalue weighted by atomic mass is 9.89. The second-order valence-electron chi connectivity index (χ2n) is 33.1. The molecule has 4 heterocycles. The first-order chi connectivity index (χ1) is 66.6. The monoisotopic (exact) mass is 1950 g/mol. The number of hydrogen-bond donors (Lipinski definition) is 8. The first-order valence-corrected chi connectivity index (χ1v) is 45.4. The number of ether oxygens (including phenoxy) is 3. The Kier molecular flexibility index (Phi) is 32.8. The van der Waals surface area contributed by atoms with E-state index in [4.69, 9.17) is 49.7 Å². The van der Waals surface area contributed by atoms with Gasteiger partial charge in [-0.1, -0.05) is 213 Å². The molecular weight excluding hydrogens is 1850 g/mol. The highest BCUT2D eigenvalue weighted by Crippen LogP contribution is 2.48. The van der Waals surface area contributed by atoms with Crippen LogP contribution in [0.5, 0.6) is 11.5 Å². The Bertz CT molecular complexity index is 8320. The minimum absolute atomic E-state index is 0. The fraction of sp³-hybridized carbons (Fsp3) is 0.101. The van der Waals surface area contributed by atoms with Gasteiger partial charge in [-0.25, -0.2) is 24.2 Å². The van der Waals surface area contributed by atoms with Crippen molar-refractivity contribution in [1.29, 1.82) is 0 Å². The number of esters is 2. The zero-order valence-electron chi connectivity index (χ0n) is 78.5. The standard InChI is InChI=1S/C28H30N2O3.C24H20O3.C21H16N2O3.C20H14N2O3.C20H12.C6H6.4ClH/c1-6-29-23-15-25-21(13-17(23)4)27(19-11-9-10-12-20(19)28(31)32-8-3)22-14-18(5)24(30-7-2)16-26(22)33-25;1-3-15-9-11-19-21(13-15)27-22-14-16(4-2)10-12-20(22)23(19)17-7-5-6-8-18(17)24(25)26;1-25-21(24)15-5-3-2-4-14(15)20-16-8-6-12(22)10-18(16)26-19-11-13(23)7-9-17(19)20;21-11-5-7-15-17(9-11)25-18-10-12(22)6-8-16(18)19(15)13-3-1-2-4-14(13)20(23)24;1-5-13-6-2-11-17-18-12-4-8-14-7-3-10-16(20(14)18)15(9-1)19(13)17;1-2-4-6-5-3-1;;;;/h9-16,29H,6-8H2,1-5H3;3,5-14H,4H2,1-2H3,(H,25,26);2-11,22H,23H2,1H3;1-10,21H,22H2,(H,23,24);1-12H;1-6H;4*1H/p-1/b;15-3+;;;;;;;;. The third-order valence-corrected chi connectivity index (χ3v) is 24.4. The van der Waals surface area contributed by atoms with Gasteiger partial charge in [0.15, 0.2) is 10.7 Å². The van der Waals surface area contributed by atoms with Crippen molar-refractivity contribution in [2.75, 3.05) is 43.6 Å². The van der Waals surface area contributed by atoms with Crippen LogP contribution in [-0.4, -0.2) is 60.9 Å². The molecule has 7 aliphatic rings. The van der Waals surface area contributed by atoms with Crippen LogP contribution < -0.4 is 113 Å². The number of nitrogen functional groups attached to an aromatic ring is 2. The molecule has 12 N–H and O–H groups in total. The van der Waals surface area contributed by atoms with Crippen molar-refractivity contribution in [2.45, 2.75) is 54.9 Å². The summed E-state index contributed by atoms with van der Waals surface area (Å²) < 4.78 is 35.0. The summed E-state index contributed by atoms with van der Waals surface area (Å²) in [6.07, 6.45) is 2.93. The highest BCUT2D eigenvalue weighted by molar-refractivity contribution is 6.33. The second-order valence-corrected chi connectivity index (χ2v) is 33.1. The van der Waals surface area contributed by atoms with Gasteiger partial charge in [-0.3, -0.25) is 10.8 Å².